The molecular formula is C45H82O6. The molecule has 1 unspecified atom stereocenters. The lowest BCUT2D eigenvalue weighted by atomic mass is 10.1. The number of allylic oxidation sites excluding steroid dienone is 4. The Bertz CT molecular complexity index is 835. The Kier molecular flexibility index (Phi) is 39.0. The zero-order valence-corrected chi connectivity index (χ0v) is 33.9. The van der Waals surface area contributed by atoms with Crippen molar-refractivity contribution < 1.29 is 28.6 Å². The molecule has 0 aromatic rings. The maximum atomic E-state index is 12.6. The maximum absolute atomic E-state index is 12.6. The number of hydrogen-bond acceptors (Lipinski definition) is 6. The molecule has 0 spiro atoms. The smallest absolute Gasteiger partial charge is 0.306 e. The highest BCUT2D eigenvalue weighted by Crippen LogP contribution is 2.14. The number of ether oxygens (including phenoxy) is 3. The van der Waals surface area contributed by atoms with E-state index in [1.54, 1.807) is 0 Å². The minimum Gasteiger partial charge on any atom is -0.462 e. The molecule has 0 N–H and O–H groups in total. The van der Waals surface area contributed by atoms with Gasteiger partial charge in [-0.3, -0.25) is 14.4 Å². The van der Waals surface area contributed by atoms with Crippen LogP contribution in [-0.2, 0) is 28.6 Å². The molecule has 6 nitrogen and oxygen atoms in total. The fourth-order valence-corrected chi connectivity index (χ4v) is 6.18. The molecule has 0 aliphatic heterocycles. The van der Waals surface area contributed by atoms with E-state index in [2.05, 4.69) is 45.1 Å². The highest BCUT2D eigenvalue weighted by Gasteiger charge is 2.19. The lowest BCUT2D eigenvalue weighted by Crippen LogP contribution is -2.30. The van der Waals surface area contributed by atoms with Crippen molar-refractivity contribution in [2.75, 3.05) is 13.2 Å². The van der Waals surface area contributed by atoms with Crippen LogP contribution in [0.25, 0.3) is 0 Å². The van der Waals surface area contributed by atoms with Crippen LogP contribution in [0.4, 0.5) is 0 Å². The van der Waals surface area contributed by atoms with Gasteiger partial charge in [0.1, 0.15) is 13.2 Å². The van der Waals surface area contributed by atoms with Crippen molar-refractivity contribution in [2.24, 2.45) is 0 Å². The third kappa shape index (κ3) is 38.9. The molecular weight excluding hydrogens is 636 g/mol. The average molecular weight is 719 g/mol. The van der Waals surface area contributed by atoms with Crippen molar-refractivity contribution in [3.63, 3.8) is 0 Å². The molecule has 0 radical (unpaired) electrons. The van der Waals surface area contributed by atoms with Crippen LogP contribution < -0.4 is 0 Å². The molecule has 298 valence electrons. The Morgan fingerprint density at radius 2 is 0.765 bits per heavy atom. The molecule has 0 saturated heterocycles. The van der Waals surface area contributed by atoms with Gasteiger partial charge < -0.3 is 14.2 Å². The van der Waals surface area contributed by atoms with Crippen LogP contribution in [0.1, 0.15) is 226 Å². The summed E-state index contributed by atoms with van der Waals surface area (Å²) < 4.78 is 16.6. The predicted octanol–water partition coefficient (Wildman–Crippen LogP) is 13.6. The number of esters is 3. The van der Waals surface area contributed by atoms with Crippen molar-refractivity contribution in [1.29, 1.82) is 0 Å². The van der Waals surface area contributed by atoms with Crippen LogP contribution in [0, 0.1) is 0 Å². The van der Waals surface area contributed by atoms with E-state index in [-0.39, 0.29) is 31.1 Å². The second-order valence-electron chi connectivity index (χ2n) is 14.6. The largest absolute Gasteiger partial charge is 0.462 e. The number of hydrogen-bond donors (Lipinski definition) is 0. The first-order valence-corrected chi connectivity index (χ1v) is 21.8. The van der Waals surface area contributed by atoms with Gasteiger partial charge in [0.25, 0.3) is 0 Å². The Balaban J connectivity index is 4.33. The predicted molar refractivity (Wildman–Crippen MR) is 215 cm³/mol. The van der Waals surface area contributed by atoms with Crippen LogP contribution in [-0.4, -0.2) is 37.2 Å². The van der Waals surface area contributed by atoms with Gasteiger partial charge in [-0.2, -0.15) is 0 Å². The summed E-state index contributed by atoms with van der Waals surface area (Å²) in [6.07, 6.45) is 43.0. The summed E-state index contributed by atoms with van der Waals surface area (Å²) in [5, 5.41) is 0. The van der Waals surface area contributed by atoms with Gasteiger partial charge in [-0.05, 0) is 44.9 Å². The van der Waals surface area contributed by atoms with Gasteiger partial charge >= 0.3 is 17.9 Å². The summed E-state index contributed by atoms with van der Waals surface area (Å²) in [4.78, 5) is 37.6. The molecule has 0 heterocycles. The van der Waals surface area contributed by atoms with E-state index >= 15 is 0 Å². The second-order valence-corrected chi connectivity index (χ2v) is 14.6. The number of rotatable bonds is 39. The van der Waals surface area contributed by atoms with Crippen molar-refractivity contribution in [1.82, 2.24) is 0 Å². The molecule has 1 atom stereocenters. The topological polar surface area (TPSA) is 78.9 Å². The summed E-state index contributed by atoms with van der Waals surface area (Å²) in [6.45, 7) is 6.49. The molecule has 0 amide bonds. The number of carbonyl (C=O) groups is 3. The average Bonchev–Trinajstić information content (AvgIpc) is 3.12. The summed E-state index contributed by atoms with van der Waals surface area (Å²) in [7, 11) is 0. The Hall–Kier alpha value is -2.11. The molecule has 0 fully saturated rings. The molecule has 0 saturated carbocycles. The SMILES string of the molecule is CC/C=C\C/C=C\CCCCCCCCCC(=O)OCC(COC(=O)CCCCCCCCCCC)OC(=O)CCCCCCCCCCCC. The standard InChI is InChI=1S/C45H82O6/c1-4-7-10-13-16-19-21-22-23-24-27-29-32-35-38-44(47)50-41-42(40-49-43(46)37-34-31-28-25-18-15-12-9-6-3)51-45(48)39-36-33-30-26-20-17-14-11-8-5-2/h7,10,16,19,42H,4-6,8-9,11-15,17-18,20-41H2,1-3H3/b10-7-,19-16-. The van der Waals surface area contributed by atoms with E-state index in [0.717, 1.165) is 77.0 Å². The van der Waals surface area contributed by atoms with E-state index in [4.69, 9.17) is 14.2 Å². The van der Waals surface area contributed by atoms with E-state index in [9.17, 15) is 14.4 Å². The van der Waals surface area contributed by atoms with Crippen LogP contribution in [0.2, 0.25) is 0 Å². The molecule has 0 aliphatic carbocycles. The first-order chi connectivity index (χ1) is 25.0. The van der Waals surface area contributed by atoms with Gasteiger partial charge in [-0.1, -0.05) is 186 Å². The molecule has 0 rings (SSSR count). The fourth-order valence-electron chi connectivity index (χ4n) is 6.18. The van der Waals surface area contributed by atoms with Crippen LogP contribution >= 0.6 is 0 Å². The summed E-state index contributed by atoms with van der Waals surface area (Å²) >= 11 is 0. The Labute approximate surface area is 315 Å². The quantitative estimate of drug-likeness (QED) is 0.0272. The van der Waals surface area contributed by atoms with E-state index in [1.165, 1.54) is 109 Å². The van der Waals surface area contributed by atoms with Gasteiger partial charge in [0.2, 0.25) is 0 Å². The molecule has 0 bridgehead atoms. The van der Waals surface area contributed by atoms with Crippen molar-refractivity contribution in [2.45, 2.75) is 232 Å². The van der Waals surface area contributed by atoms with E-state index in [1.807, 2.05) is 0 Å². The summed E-state index contributed by atoms with van der Waals surface area (Å²) in [5.74, 6) is -0.880. The highest BCUT2D eigenvalue weighted by molar-refractivity contribution is 5.71. The number of carbonyl (C=O) groups excluding carboxylic acids is 3. The number of unbranched alkanes of at least 4 members (excludes halogenated alkanes) is 24. The van der Waals surface area contributed by atoms with Gasteiger partial charge in [-0.25, -0.2) is 0 Å². The minimum atomic E-state index is -0.765. The Morgan fingerprint density at radius 1 is 0.412 bits per heavy atom. The molecule has 6 heteroatoms. The maximum Gasteiger partial charge on any atom is 0.306 e. The van der Waals surface area contributed by atoms with Gasteiger partial charge in [0, 0.05) is 19.3 Å². The lowest BCUT2D eigenvalue weighted by molar-refractivity contribution is -0.167. The first kappa shape index (κ1) is 48.9. The zero-order valence-electron chi connectivity index (χ0n) is 33.9. The van der Waals surface area contributed by atoms with Crippen LogP contribution in [0.5, 0.6) is 0 Å². The van der Waals surface area contributed by atoms with Gasteiger partial charge in [-0.15, -0.1) is 0 Å². The second kappa shape index (κ2) is 40.7. The summed E-state index contributed by atoms with van der Waals surface area (Å²) in [5.41, 5.74) is 0. The van der Waals surface area contributed by atoms with Crippen molar-refractivity contribution >= 4 is 17.9 Å². The van der Waals surface area contributed by atoms with Gasteiger partial charge in [0.05, 0.1) is 0 Å². The molecule has 0 aromatic heterocycles. The van der Waals surface area contributed by atoms with Crippen molar-refractivity contribution in [3.8, 4) is 0 Å². The molecule has 0 aromatic carbocycles. The molecule has 51 heavy (non-hydrogen) atoms. The molecule has 0 aliphatic rings. The summed E-state index contributed by atoms with van der Waals surface area (Å²) in [6, 6.07) is 0. The first-order valence-electron chi connectivity index (χ1n) is 21.8. The fraction of sp³-hybridized carbons (Fsp3) is 0.844. The van der Waals surface area contributed by atoms with Crippen LogP contribution in [0.15, 0.2) is 24.3 Å². The lowest BCUT2D eigenvalue weighted by Gasteiger charge is -2.18. The van der Waals surface area contributed by atoms with E-state index < -0.39 is 6.10 Å². The normalized spacial score (nSPS) is 12.1. The van der Waals surface area contributed by atoms with E-state index in [0.29, 0.717) is 19.3 Å². The van der Waals surface area contributed by atoms with Gasteiger partial charge in [0.15, 0.2) is 6.10 Å². The monoisotopic (exact) mass is 719 g/mol. The zero-order chi connectivity index (χ0) is 37.3. The van der Waals surface area contributed by atoms with Crippen molar-refractivity contribution in [3.05, 3.63) is 24.3 Å². The van der Waals surface area contributed by atoms with Crippen LogP contribution in [0.3, 0.4) is 0 Å². The third-order valence-electron chi connectivity index (χ3n) is 9.47. The Morgan fingerprint density at radius 3 is 1.18 bits per heavy atom. The highest BCUT2D eigenvalue weighted by atomic mass is 16.6. The third-order valence-corrected chi connectivity index (χ3v) is 9.47. The minimum absolute atomic E-state index is 0.0704.